The second-order valence-corrected chi connectivity index (χ2v) is 4.43. The average Bonchev–Trinajstić information content (AvgIpc) is 2.96. The van der Waals surface area contributed by atoms with E-state index < -0.39 is 6.04 Å². The molecule has 92 valence electrons. The predicted octanol–water partition coefficient (Wildman–Crippen LogP) is 1.39. The number of aromatic amines is 1. The molecule has 1 aromatic heterocycles. The van der Waals surface area contributed by atoms with Crippen LogP contribution in [-0.2, 0) is 9.59 Å². The van der Waals surface area contributed by atoms with Gasteiger partial charge in [0, 0.05) is 29.2 Å². The molecule has 0 saturated carbocycles. The number of aromatic nitrogens is 1. The van der Waals surface area contributed by atoms with Gasteiger partial charge in [0.25, 0.3) is 0 Å². The highest BCUT2D eigenvalue weighted by Gasteiger charge is 2.27. The number of rotatable bonds is 2. The Balaban J connectivity index is 1.75. The molecule has 1 aromatic carbocycles. The molecule has 18 heavy (non-hydrogen) atoms. The highest BCUT2D eigenvalue weighted by molar-refractivity contribution is 6.00. The van der Waals surface area contributed by atoms with E-state index in [1.807, 2.05) is 30.5 Å². The van der Waals surface area contributed by atoms with Crippen LogP contribution < -0.4 is 10.6 Å². The number of benzene rings is 1. The van der Waals surface area contributed by atoms with Crippen LogP contribution in [0.2, 0.25) is 0 Å². The van der Waals surface area contributed by atoms with Crippen LogP contribution in [0.1, 0.15) is 12.8 Å². The Morgan fingerprint density at radius 1 is 1.33 bits per heavy atom. The van der Waals surface area contributed by atoms with Crippen molar-refractivity contribution in [3.8, 4) is 0 Å². The first-order chi connectivity index (χ1) is 8.72. The molecule has 2 amide bonds. The minimum absolute atomic E-state index is 0.0590. The third kappa shape index (κ3) is 1.95. The van der Waals surface area contributed by atoms with Crippen LogP contribution in [0.5, 0.6) is 0 Å². The number of H-pyrrole nitrogens is 1. The van der Waals surface area contributed by atoms with E-state index in [1.54, 1.807) is 0 Å². The van der Waals surface area contributed by atoms with E-state index in [1.165, 1.54) is 0 Å². The maximum absolute atomic E-state index is 11.9. The first-order valence-corrected chi connectivity index (χ1v) is 5.90. The van der Waals surface area contributed by atoms with Gasteiger partial charge in [0.1, 0.15) is 6.04 Å². The lowest BCUT2D eigenvalue weighted by atomic mass is 10.2. The van der Waals surface area contributed by atoms with Crippen LogP contribution in [0.4, 0.5) is 5.69 Å². The van der Waals surface area contributed by atoms with Crippen molar-refractivity contribution < 1.29 is 9.59 Å². The number of anilines is 1. The molecule has 3 rings (SSSR count). The Morgan fingerprint density at radius 3 is 3.00 bits per heavy atom. The Labute approximate surface area is 104 Å². The molecule has 1 atom stereocenters. The fourth-order valence-electron chi connectivity index (χ4n) is 2.17. The van der Waals surface area contributed by atoms with Gasteiger partial charge in [-0.15, -0.1) is 0 Å². The number of hydrogen-bond donors (Lipinski definition) is 3. The summed E-state index contributed by atoms with van der Waals surface area (Å²) in [5, 5.41) is 6.51. The van der Waals surface area contributed by atoms with Gasteiger partial charge in [-0.2, -0.15) is 0 Å². The monoisotopic (exact) mass is 243 g/mol. The van der Waals surface area contributed by atoms with Crippen LogP contribution in [0, 0.1) is 0 Å². The fourth-order valence-corrected chi connectivity index (χ4v) is 2.17. The average molecular weight is 243 g/mol. The highest BCUT2D eigenvalue weighted by atomic mass is 16.2. The molecule has 3 N–H and O–H groups in total. The molecule has 0 spiro atoms. The summed E-state index contributed by atoms with van der Waals surface area (Å²) in [6.07, 6.45) is 2.85. The summed E-state index contributed by atoms with van der Waals surface area (Å²) in [7, 11) is 0. The van der Waals surface area contributed by atoms with E-state index in [4.69, 9.17) is 0 Å². The van der Waals surface area contributed by atoms with E-state index in [0.717, 1.165) is 16.6 Å². The van der Waals surface area contributed by atoms with Gasteiger partial charge in [-0.05, 0) is 30.7 Å². The van der Waals surface area contributed by atoms with Gasteiger partial charge in [-0.1, -0.05) is 0 Å². The Bertz CT molecular complexity index is 617. The molecular weight excluding hydrogens is 230 g/mol. The van der Waals surface area contributed by atoms with Gasteiger partial charge in [-0.25, -0.2) is 0 Å². The van der Waals surface area contributed by atoms with E-state index in [2.05, 4.69) is 15.6 Å². The lowest BCUT2D eigenvalue weighted by Crippen LogP contribution is -2.37. The lowest BCUT2D eigenvalue weighted by Gasteiger charge is -2.10. The molecule has 0 bridgehead atoms. The Hall–Kier alpha value is -2.30. The normalized spacial score (nSPS) is 18.9. The topological polar surface area (TPSA) is 74.0 Å². The molecular formula is C13H13N3O2. The molecule has 5 nitrogen and oxygen atoms in total. The van der Waals surface area contributed by atoms with Crippen molar-refractivity contribution in [2.75, 3.05) is 5.32 Å². The van der Waals surface area contributed by atoms with Gasteiger partial charge >= 0.3 is 0 Å². The molecule has 1 aliphatic heterocycles. The molecule has 5 heteroatoms. The number of hydrogen-bond acceptors (Lipinski definition) is 2. The summed E-state index contributed by atoms with van der Waals surface area (Å²) in [6, 6.07) is 7.20. The molecule has 2 aromatic rings. The van der Waals surface area contributed by atoms with Crippen LogP contribution in [0.3, 0.4) is 0 Å². The smallest absolute Gasteiger partial charge is 0.246 e. The second kappa shape index (κ2) is 4.18. The van der Waals surface area contributed by atoms with E-state index >= 15 is 0 Å². The summed E-state index contributed by atoms with van der Waals surface area (Å²) in [5.74, 6) is -0.216. The quantitative estimate of drug-likeness (QED) is 0.745. The SMILES string of the molecule is O=C1CCC(C(=O)Nc2ccc3[nH]ccc3c2)N1. The van der Waals surface area contributed by atoms with Crippen LogP contribution in [-0.4, -0.2) is 22.8 Å². The summed E-state index contributed by atoms with van der Waals surface area (Å²) in [6.45, 7) is 0. The highest BCUT2D eigenvalue weighted by Crippen LogP contribution is 2.18. The van der Waals surface area contributed by atoms with Crippen molar-refractivity contribution in [3.05, 3.63) is 30.5 Å². The summed E-state index contributed by atoms with van der Waals surface area (Å²) < 4.78 is 0. The zero-order valence-corrected chi connectivity index (χ0v) is 9.69. The lowest BCUT2D eigenvalue weighted by molar-refractivity contribution is -0.122. The van der Waals surface area contributed by atoms with Crippen molar-refractivity contribution in [3.63, 3.8) is 0 Å². The third-order valence-corrected chi connectivity index (χ3v) is 3.13. The Morgan fingerprint density at radius 2 is 2.22 bits per heavy atom. The molecule has 0 radical (unpaired) electrons. The van der Waals surface area contributed by atoms with Gasteiger partial charge in [0.15, 0.2) is 0 Å². The van der Waals surface area contributed by atoms with Crippen LogP contribution >= 0.6 is 0 Å². The molecule has 2 heterocycles. The third-order valence-electron chi connectivity index (χ3n) is 3.13. The zero-order valence-electron chi connectivity index (χ0n) is 9.69. The van der Waals surface area contributed by atoms with E-state index in [-0.39, 0.29) is 11.8 Å². The number of carbonyl (C=O) groups excluding carboxylic acids is 2. The summed E-state index contributed by atoms with van der Waals surface area (Å²) >= 11 is 0. The van der Waals surface area contributed by atoms with Gasteiger partial charge in [-0.3, -0.25) is 9.59 Å². The molecule has 1 saturated heterocycles. The maximum Gasteiger partial charge on any atom is 0.246 e. The van der Waals surface area contributed by atoms with Gasteiger partial charge < -0.3 is 15.6 Å². The zero-order chi connectivity index (χ0) is 12.5. The van der Waals surface area contributed by atoms with E-state index in [0.29, 0.717) is 12.8 Å². The van der Waals surface area contributed by atoms with E-state index in [9.17, 15) is 9.59 Å². The molecule has 1 fully saturated rings. The van der Waals surface area contributed by atoms with Gasteiger partial charge in [0.05, 0.1) is 0 Å². The standard InChI is InChI=1S/C13H13N3O2/c17-12-4-3-11(16-12)13(18)15-9-1-2-10-8(7-9)5-6-14-10/h1-2,5-7,11,14H,3-4H2,(H,15,18)(H,16,17). The van der Waals surface area contributed by atoms with Crippen LogP contribution in [0.25, 0.3) is 10.9 Å². The number of nitrogens with one attached hydrogen (secondary N) is 3. The van der Waals surface area contributed by atoms with Crippen molar-refractivity contribution >= 4 is 28.4 Å². The van der Waals surface area contributed by atoms with Crippen molar-refractivity contribution in [2.45, 2.75) is 18.9 Å². The summed E-state index contributed by atoms with van der Waals surface area (Å²) in [5.41, 5.74) is 1.77. The van der Waals surface area contributed by atoms with Crippen molar-refractivity contribution in [1.29, 1.82) is 0 Å². The first-order valence-electron chi connectivity index (χ1n) is 5.90. The largest absolute Gasteiger partial charge is 0.361 e. The van der Waals surface area contributed by atoms with Gasteiger partial charge in [0.2, 0.25) is 11.8 Å². The molecule has 1 aliphatic rings. The van der Waals surface area contributed by atoms with Crippen molar-refractivity contribution in [1.82, 2.24) is 10.3 Å². The summed E-state index contributed by atoms with van der Waals surface area (Å²) in [4.78, 5) is 26.0. The second-order valence-electron chi connectivity index (χ2n) is 4.43. The predicted molar refractivity (Wildman–Crippen MR) is 68.1 cm³/mol. The first kappa shape index (κ1) is 10.8. The fraction of sp³-hybridized carbons (Fsp3) is 0.231. The molecule has 1 unspecified atom stereocenters. The number of fused-ring (bicyclic) bond motifs is 1. The minimum Gasteiger partial charge on any atom is -0.361 e. The van der Waals surface area contributed by atoms with Crippen LogP contribution in [0.15, 0.2) is 30.5 Å². The number of carbonyl (C=O) groups is 2. The maximum atomic E-state index is 11.9. The Kier molecular flexibility index (Phi) is 2.51. The number of amides is 2. The molecule has 0 aliphatic carbocycles. The minimum atomic E-state index is -0.403. The van der Waals surface area contributed by atoms with Crippen molar-refractivity contribution in [2.24, 2.45) is 0 Å².